The van der Waals surface area contributed by atoms with Crippen LogP contribution >= 0.6 is 0 Å². The lowest BCUT2D eigenvalue weighted by atomic mass is 10.2. The van der Waals surface area contributed by atoms with Gasteiger partial charge in [0.05, 0.1) is 32.3 Å². The second-order valence-corrected chi connectivity index (χ2v) is 8.89. The molecule has 29 heavy (non-hydrogen) atoms. The van der Waals surface area contributed by atoms with E-state index in [1.54, 1.807) is 56.7 Å². The molecular formula is C20H24N2O6S. The first-order valence-electron chi connectivity index (χ1n) is 9.12. The summed E-state index contributed by atoms with van der Waals surface area (Å²) in [7, 11) is 0.112. The smallest absolute Gasteiger partial charge is 0.239 e. The molecule has 1 aliphatic heterocycles. The van der Waals surface area contributed by atoms with Crippen molar-refractivity contribution in [3.63, 3.8) is 0 Å². The van der Waals surface area contributed by atoms with Gasteiger partial charge in [-0.1, -0.05) is 0 Å². The molecule has 8 nitrogen and oxygen atoms in total. The summed E-state index contributed by atoms with van der Waals surface area (Å²) in [5.74, 6) is 2.23. The van der Waals surface area contributed by atoms with Crippen LogP contribution in [0.5, 0.6) is 23.0 Å². The molecule has 2 N–H and O–H groups in total. The third kappa shape index (κ3) is 5.77. The summed E-state index contributed by atoms with van der Waals surface area (Å²) in [5.41, 5.74) is 0.670. The van der Waals surface area contributed by atoms with E-state index < -0.39 is 9.84 Å². The Morgan fingerprint density at radius 3 is 2.38 bits per heavy atom. The maximum absolute atomic E-state index is 12.1. The highest BCUT2D eigenvalue weighted by Crippen LogP contribution is 2.34. The molecule has 1 amide bonds. The van der Waals surface area contributed by atoms with Gasteiger partial charge < -0.3 is 24.8 Å². The van der Waals surface area contributed by atoms with Gasteiger partial charge in [-0.2, -0.15) is 0 Å². The summed E-state index contributed by atoms with van der Waals surface area (Å²) < 4.78 is 39.3. The predicted molar refractivity (Wildman–Crippen MR) is 110 cm³/mol. The van der Waals surface area contributed by atoms with E-state index in [1.807, 2.05) is 0 Å². The van der Waals surface area contributed by atoms with Crippen LogP contribution in [0.3, 0.4) is 0 Å². The van der Waals surface area contributed by atoms with Gasteiger partial charge in [0.2, 0.25) is 5.91 Å². The predicted octanol–water partition coefficient (Wildman–Crippen LogP) is 2.21. The second kappa shape index (κ2) is 9.04. The minimum Gasteiger partial charge on any atom is -0.497 e. The number of carbonyl (C=O) groups excluding carboxylic acids is 1. The summed E-state index contributed by atoms with van der Waals surface area (Å²) in [6.07, 6.45) is 0.455. The van der Waals surface area contributed by atoms with Gasteiger partial charge in [0, 0.05) is 17.8 Å². The first-order chi connectivity index (χ1) is 13.9. The van der Waals surface area contributed by atoms with Crippen LogP contribution in [0.4, 0.5) is 5.69 Å². The number of ether oxygens (including phenoxy) is 3. The molecule has 0 saturated carbocycles. The number of rotatable bonds is 8. The molecule has 0 bridgehead atoms. The van der Waals surface area contributed by atoms with E-state index in [0.717, 1.165) is 5.75 Å². The van der Waals surface area contributed by atoms with Crippen molar-refractivity contribution in [2.45, 2.75) is 12.5 Å². The molecule has 1 unspecified atom stereocenters. The van der Waals surface area contributed by atoms with Crippen LogP contribution < -0.4 is 24.8 Å². The van der Waals surface area contributed by atoms with Crippen molar-refractivity contribution in [1.29, 1.82) is 0 Å². The molecule has 1 aliphatic rings. The van der Waals surface area contributed by atoms with Gasteiger partial charge >= 0.3 is 0 Å². The van der Waals surface area contributed by atoms with Gasteiger partial charge in [-0.3, -0.25) is 4.79 Å². The molecule has 0 spiro atoms. The normalized spacial score (nSPS) is 17.4. The molecule has 2 aromatic rings. The van der Waals surface area contributed by atoms with Crippen molar-refractivity contribution in [2.75, 3.05) is 37.6 Å². The lowest BCUT2D eigenvalue weighted by Crippen LogP contribution is -2.39. The zero-order valence-corrected chi connectivity index (χ0v) is 17.1. The first-order valence-corrected chi connectivity index (χ1v) is 10.9. The van der Waals surface area contributed by atoms with Crippen molar-refractivity contribution in [1.82, 2.24) is 5.32 Å². The largest absolute Gasteiger partial charge is 0.497 e. The SMILES string of the molecule is COc1ccc(Oc2cc(NCC(=O)NC3CCS(=O)(=O)C3)ccc2OC)cc1. The van der Waals surface area contributed by atoms with Crippen LogP contribution in [0.15, 0.2) is 42.5 Å². The Morgan fingerprint density at radius 1 is 1.03 bits per heavy atom. The standard InChI is InChI=1S/C20H24N2O6S/c1-26-16-4-6-17(7-5-16)28-19-11-14(3-8-18(19)27-2)21-12-20(23)22-15-9-10-29(24,25)13-15/h3-8,11,15,21H,9-10,12-13H2,1-2H3,(H,22,23). The molecule has 2 aromatic carbocycles. The molecule has 0 aliphatic carbocycles. The highest BCUT2D eigenvalue weighted by Gasteiger charge is 2.28. The van der Waals surface area contributed by atoms with E-state index >= 15 is 0 Å². The van der Waals surface area contributed by atoms with Crippen molar-refractivity contribution in [2.24, 2.45) is 0 Å². The molecule has 1 fully saturated rings. The number of hydrogen-bond donors (Lipinski definition) is 2. The number of sulfone groups is 1. The van der Waals surface area contributed by atoms with E-state index in [-0.39, 0.29) is 30.0 Å². The summed E-state index contributed by atoms with van der Waals surface area (Å²) in [5, 5.41) is 5.76. The van der Waals surface area contributed by atoms with Crippen LogP contribution in [0.2, 0.25) is 0 Å². The summed E-state index contributed by atoms with van der Waals surface area (Å²) in [4.78, 5) is 12.1. The lowest BCUT2D eigenvalue weighted by molar-refractivity contribution is -0.119. The molecule has 1 saturated heterocycles. The van der Waals surface area contributed by atoms with Crippen LogP contribution in [0.25, 0.3) is 0 Å². The third-order valence-corrected chi connectivity index (χ3v) is 6.27. The highest BCUT2D eigenvalue weighted by atomic mass is 32.2. The second-order valence-electron chi connectivity index (χ2n) is 6.66. The van der Waals surface area contributed by atoms with E-state index in [2.05, 4.69) is 10.6 Å². The maximum atomic E-state index is 12.1. The molecule has 0 aromatic heterocycles. The zero-order valence-electron chi connectivity index (χ0n) is 16.3. The number of hydrogen-bond acceptors (Lipinski definition) is 7. The van der Waals surface area contributed by atoms with Gasteiger partial charge in [0.15, 0.2) is 21.3 Å². The topological polar surface area (TPSA) is 103 Å². The van der Waals surface area contributed by atoms with Crippen LogP contribution in [-0.2, 0) is 14.6 Å². The highest BCUT2D eigenvalue weighted by molar-refractivity contribution is 7.91. The Bertz CT molecular complexity index is 959. The third-order valence-electron chi connectivity index (χ3n) is 4.50. The number of methoxy groups -OCH3 is 2. The summed E-state index contributed by atoms with van der Waals surface area (Å²) in [6.45, 7) is 0.0187. The number of amides is 1. The van der Waals surface area contributed by atoms with Gasteiger partial charge in [-0.15, -0.1) is 0 Å². The van der Waals surface area contributed by atoms with Crippen molar-refractivity contribution in [3.8, 4) is 23.0 Å². The Morgan fingerprint density at radius 2 is 1.76 bits per heavy atom. The molecule has 1 atom stereocenters. The fourth-order valence-corrected chi connectivity index (χ4v) is 4.68. The zero-order chi connectivity index (χ0) is 20.9. The maximum Gasteiger partial charge on any atom is 0.239 e. The molecular weight excluding hydrogens is 396 g/mol. The molecule has 9 heteroatoms. The summed E-state index contributed by atoms with van der Waals surface area (Å²) in [6, 6.07) is 12.1. The monoisotopic (exact) mass is 420 g/mol. The van der Waals surface area contributed by atoms with Crippen LogP contribution in [0.1, 0.15) is 6.42 Å². The number of benzene rings is 2. The molecule has 156 valence electrons. The Balaban J connectivity index is 1.61. The Labute approximate surface area is 170 Å². The van der Waals surface area contributed by atoms with Gasteiger partial charge in [-0.05, 0) is 42.8 Å². The van der Waals surface area contributed by atoms with E-state index in [0.29, 0.717) is 29.4 Å². The molecule has 3 rings (SSSR count). The van der Waals surface area contributed by atoms with Crippen LogP contribution in [0, 0.1) is 0 Å². The van der Waals surface area contributed by atoms with E-state index in [1.165, 1.54) is 0 Å². The number of nitrogens with one attached hydrogen (secondary N) is 2. The quantitative estimate of drug-likeness (QED) is 0.675. The van der Waals surface area contributed by atoms with Crippen LogP contribution in [-0.4, -0.2) is 52.6 Å². The Kier molecular flexibility index (Phi) is 6.48. The number of carbonyl (C=O) groups is 1. The van der Waals surface area contributed by atoms with Crippen molar-refractivity contribution in [3.05, 3.63) is 42.5 Å². The first kappa shape index (κ1) is 20.8. The number of anilines is 1. The Hall–Kier alpha value is -2.94. The molecule has 0 radical (unpaired) electrons. The fraction of sp³-hybridized carbons (Fsp3) is 0.350. The van der Waals surface area contributed by atoms with E-state index in [4.69, 9.17) is 14.2 Å². The lowest BCUT2D eigenvalue weighted by Gasteiger charge is -2.14. The van der Waals surface area contributed by atoms with E-state index in [9.17, 15) is 13.2 Å². The average molecular weight is 420 g/mol. The van der Waals surface area contributed by atoms with Crippen molar-refractivity contribution >= 4 is 21.4 Å². The average Bonchev–Trinajstić information content (AvgIpc) is 3.05. The van der Waals surface area contributed by atoms with Gasteiger partial charge in [0.25, 0.3) is 0 Å². The van der Waals surface area contributed by atoms with Crippen molar-refractivity contribution < 1.29 is 27.4 Å². The van der Waals surface area contributed by atoms with Gasteiger partial charge in [0.1, 0.15) is 11.5 Å². The minimum absolute atomic E-state index is 0.00112. The fourth-order valence-electron chi connectivity index (χ4n) is 3.01. The van der Waals surface area contributed by atoms with Gasteiger partial charge in [-0.25, -0.2) is 8.42 Å². The minimum atomic E-state index is -3.03. The summed E-state index contributed by atoms with van der Waals surface area (Å²) >= 11 is 0. The molecule has 1 heterocycles.